The average Bonchev–Trinajstić information content (AvgIpc) is 2.56. The van der Waals surface area contributed by atoms with Crippen LogP contribution in [0.3, 0.4) is 0 Å². The van der Waals surface area contributed by atoms with Crippen molar-refractivity contribution in [3.63, 3.8) is 0 Å². The van der Waals surface area contributed by atoms with Gasteiger partial charge in [0.25, 0.3) is 5.91 Å². The van der Waals surface area contributed by atoms with Crippen molar-refractivity contribution in [2.24, 2.45) is 0 Å². The first kappa shape index (κ1) is 18.9. The molecule has 0 radical (unpaired) electrons. The lowest BCUT2D eigenvalue weighted by atomic mass is 10.1. The zero-order valence-electron chi connectivity index (χ0n) is 14.4. The number of carbonyl (C=O) groups is 2. The number of halogens is 2. The molecular weight excluding hydrogens is 343 g/mol. The van der Waals surface area contributed by atoms with E-state index in [2.05, 4.69) is 5.32 Å². The third-order valence-corrected chi connectivity index (χ3v) is 4.27. The fraction of sp³-hybridized carbons (Fsp3) is 0.263. The number of benzene rings is 2. The summed E-state index contributed by atoms with van der Waals surface area (Å²) in [5, 5.41) is 2.73. The highest BCUT2D eigenvalue weighted by Crippen LogP contribution is 2.22. The Bertz CT molecular complexity index is 808. The maximum Gasteiger partial charge on any atom is 0.251 e. The van der Waals surface area contributed by atoms with Crippen molar-refractivity contribution in [3.05, 3.63) is 63.9 Å². The van der Waals surface area contributed by atoms with Gasteiger partial charge in [-0.05, 0) is 55.3 Å². The minimum atomic E-state index is -0.544. The molecule has 0 bridgehead atoms. The minimum Gasteiger partial charge on any atom is -0.350 e. The Morgan fingerprint density at radius 2 is 1.84 bits per heavy atom. The molecule has 0 saturated heterocycles. The molecule has 25 heavy (non-hydrogen) atoms. The van der Waals surface area contributed by atoms with Gasteiger partial charge in [-0.1, -0.05) is 17.7 Å². The van der Waals surface area contributed by atoms with Crippen LogP contribution in [0.5, 0.6) is 0 Å². The standard InChI is InChI=1S/C19H20ClFN2O2/c1-12-4-5-15(10-13(12)2)19(25)22-8-9-23(14(3)24)16-6-7-18(21)17(20)11-16/h4-7,10-11H,8-9H2,1-3H3,(H,22,25). The second kappa shape index (κ2) is 8.12. The molecule has 0 spiro atoms. The highest BCUT2D eigenvalue weighted by molar-refractivity contribution is 6.31. The van der Waals surface area contributed by atoms with Crippen LogP contribution in [0.15, 0.2) is 36.4 Å². The van der Waals surface area contributed by atoms with Crippen LogP contribution >= 0.6 is 11.6 Å². The summed E-state index contributed by atoms with van der Waals surface area (Å²) < 4.78 is 13.3. The van der Waals surface area contributed by atoms with Crippen molar-refractivity contribution in [1.29, 1.82) is 0 Å². The highest BCUT2D eigenvalue weighted by Gasteiger charge is 2.14. The van der Waals surface area contributed by atoms with Gasteiger partial charge in [0.05, 0.1) is 5.02 Å². The lowest BCUT2D eigenvalue weighted by molar-refractivity contribution is -0.116. The Morgan fingerprint density at radius 3 is 2.44 bits per heavy atom. The van der Waals surface area contributed by atoms with Crippen molar-refractivity contribution in [2.75, 3.05) is 18.0 Å². The summed E-state index contributed by atoms with van der Waals surface area (Å²) in [4.78, 5) is 25.5. The molecule has 0 fully saturated rings. The molecule has 2 amide bonds. The fourth-order valence-corrected chi connectivity index (χ4v) is 2.56. The van der Waals surface area contributed by atoms with Crippen LogP contribution in [0.25, 0.3) is 0 Å². The van der Waals surface area contributed by atoms with E-state index in [0.717, 1.165) is 11.1 Å². The van der Waals surface area contributed by atoms with Crippen LogP contribution in [0.1, 0.15) is 28.4 Å². The van der Waals surface area contributed by atoms with E-state index in [0.29, 0.717) is 11.3 Å². The van der Waals surface area contributed by atoms with Crippen LogP contribution in [-0.4, -0.2) is 24.9 Å². The topological polar surface area (TPSA) is 49.4 Å². The molecule has 0 aromatic heterocycles. The van der Waals surface area contributed by atoms with E-state index in [-0.39, 0.29) is 29.9 Å². The maximum absolute atomic E-state index is 13.3. The van der Waals surface area contributed by atoms with Crippen LogP contribution in [0.2, 0.25) is 5.02 Å². The van der Waals surface area contributed by atoms with Gasteiger partial charge < -0.3 is 10.2 Å². The number of rotatable bonds is 5. The van der Waals surface area contributed by atoms with Gasteiger partial charge in [0.2, 0.25) is 5.91 Å². The summed E-state index contributed by atoms with van der Waals surface area (Å²) in [5.41, 5.74) is 3.22. The number of carbonyl (C=O) groups excluding carboxylic acids is 2. The zero-order valence-corrected chi connectivity index (χ0v) is 15.2. The first-order valence-corrected chi connectivity index (χ1v) is 8.26. The summed E-state index contributed by atoms with van der Waals surface area (Å²) in [6.45, 7) is 5.86. The number of hydrogen-bond acceptors (Lipinski definition) is 2. The second-order valence-electron chi connectivity index (χ2n) is 5.82. The monoisotopic (exact) mass is 362 g/mol. The van der Waals surface area contributed by atoms with Crippen LogP contribution in [0, 0.1) is 19.7 Å². The van der Waals surface area contributed by atoms with Gasteiger partial charge in [-0.25, -0.2) is 4.39 Å². The highest BCUT2D eigenvalue weighted by atomic mass is 35.5. The Labute approximate surface area is 151 Å². The van der Waals surface area contributed by atoms with Gasteiger partial charge in [-0.2, -0.15) is 0 Å². The molecule has 0 atom stereocenters. The minimum absolute atomic E-state index is 0.0529. The summed E-state index contributed by atoms with van der Waals surface area (Å²) in [6.07, 6.45) is 0. The summed E-state index contributed by atoms with van der Waals surface area (Å²) in [5.74, 6) is -0.969. The number of aryl methyl sites for hydroxylation is 2. The quantitative estimate of drug-likeness (QED) is 0.877. The molecule has 0 unspecified atom stereocenters. The van der Waals surface area contributed by atoms with Crippen molar-refractivity contribution in [3.8, 4) is 0 Å². The molecule has 132 valence electrons. The molecule has 6 heteroatoms. The van der Waals surface area contributed by atoms with Gasteiger partial charge in [0.15, 0.2) is 0 Å². The molecule has 0 heterocycles. The van der Waals surface area contributed by atoms with E-state index in [1.165, 1.54) is 30.0 Å². The lowest BCUT2D eigenvalue weighted by Gasteiger charge is -2.21. The predicted molar refractivity (Wildman–Crippen MR) is 97.7 cm³/mol. The molecule has 2 aromatic rings. The number of hydrogen-bond donors (Lipinski definition) is 1. The van der Waals surface area contributed by atoms with Crippen molar-refractivity contribution in [1.82, 2.24) is 5.32 Å². The first-order chi connectivity index (χ1) is 11.8. The predicted octanol–water partition coefficient (Wildman–Crippen LogP) is 3.88. The molecule has 1 N–H and O–H groups in total. The average molecular weight is 363 g/mol. The number of nitrogens with zero attached hydrogens (tertiary/aromatic N) is 1. The van der Waals surface area contributed by atoms with Gasteiger partial charge in [0.1, 0.15) is 5.82 Å². The van der Waals surface area contributed by atoms with Crippen LogP contribution in [-0.2, 0) is 4.79 Å². The third kappa shape index (κ3) is 4.79. The molecule has 0 saturated carbocycles. The van der Waals surface area contributed by atoms with E-state index in [1.807, 2.05) is 26.0 Å². The van der Waals surface area contributed by atoms with E-state index >= 15 is 0 Å². The lowest BCUT2D eigenvalue weighted by Crippen LogP contribution is -2.37. The Hall–Kier alpha value is -2.40. The maximum atomic E-state index is 13.3. The van der Waals surface area contributed by atoms with Gasteiger partial charge in [0, 0.05) is 31.3 Å². The van der Waals surface area contributed by atoms with E-state index in [9.17, 15) is 14.0 Å². The van der Waals surface area contributed by atoms with Crippen molar-refractivity contribution >= 4 is 29.1 Å². The molecule has 0 aliphatic heterocycles. The third-order valence-electron chi connectivity index (χ3n) is 3.99. The van der Waals surface area contributed by atoms with Gasteiger partial charge in [-0.15, -0.1) is 0 Å². The molecule has 0 aliphatic rings. The van der Waals surface area contributed by atoms with Crippen LogP contribution < -0.4 is 10.2 Å². The van der Waals surface area contributed by atoms with E-state index in [1.54, 1.807) is 6.07 Å². The van der Waals surface area contributed by atoms with Crippen molar-refractivity contribution < 1.29 is 14.0 Å². The molecular formula is C19H20ClFN2O2. The number of nitrogens with one attached hydrogen (secondary N) is 1. The summed E-state index contributed by atoms with van der Waals surface area (Å²) >= 11 is 5.77. The Balaban J connectivity index is 2.01. The molecule has 2 rings (SSSR count). The summed E-state index contributed by atoms with van der Waals surface area (Å²) in [6, 6.07) is 9.57. The van der Waals surface area contributed by atoms with E-state index in [4.69, 9.17) is 11.6 Å². The second-order valence-corrected chi connectivity index (χ2v) is 6.23. The molecule has 4 nitrogen and oxygen atoms in total. The SMILES string of the molecule is CC(=O)N(CCNC(=O)c1ccc(C)c(C)c1)c1ccc(F)c(Cl)c1. The smallest absolute Gasteiger partial charge is 0.251 e. The Kier molecular flexibility index (Phi) is 6.15. The zero-order chi connectivity index (χ0) is 18.6. The number of anilines is 1. The molecule has 0 aliphatic carbocycles. The van der Waals surface area contributed by atoms with Gasteiger partial charge in [-0.3, -0.25) is 9.59 Å². The number of amides is 2. The van der Waals surface area contributed by atoms with Gasteiger partial charge >= 0.3 is 0 Å². The van der Waals surface area contributed by atoms with Crippen LogP contribution in [0.4, 0.5) is 10.1 Å². The summed E-state index contributed by atoms with van der Waals surface area (Å²) in [7, 11) is 0. The van der Waals surface area contributed by atoms with Crippen molar-refractivity contribution in [2.45, 2.75) is 20.8 Å². The Morgan fingerprint density at radius 1 is 1.12 bits per heavy atom. The normalized spacial score (nSPS) is 10.4. The van der Waals surface area contributed by atoms with E-state index < -0.39 is 5.82 Å². The molecule has 2 aromatic carbocycles. The largest absolute Gasteiger partial charge is 0.350 e. The first-order valence-electron chi connectivity index (χ1n) is 7.88. The fourth-order valence-electron chi connectivity index (χ4n) is 2.39.